The highest BCUT2D eigenvalue weighted by atomic mass is 31.2. The Morgan fingerprint density at radius 3 is 0.810 bits per heavy atom. The van der Waals surface area contributed by atoms with Crippen molar-refractivity contribution in [3.8, 4) is 0 Å². The topological polar surface area (TPSA) is 237 Å². The number of esters is 4. The molecule has 2 unspecified atom stereocenters. The van der Waals surface area contributed by atoms with Crippen molar-refractivity contribution in [2.24, 2.45) is 5.92 Å². The second-order valence-electron chi connectivity index (χ2n) is 24.0. The van der Waals surface area contributed by atoms with E-state index in [-0.39, 0.29) is 25.7 Å². The second-order valence-corrected chi connectivity index (χ2v) is 26.9. The van der Waals surface area contributed by atoms with Crippen molar-refractivity contribution in [2.75, 3.05) is 39.6 Å². The van der Waals surface area contributed by atoms with E-state index in [1.807, 2.05) is 0 Å². The molecule has 0 amide bonds. The van der Waals surface area contributed by atoms with Crippen LogP contribution in [0.25, 0.3) is 0 Å². The Labute approximate surface area is 511 Å². The molecule has 0 aliphatic rings. The third kappa shape index (κ3) is 59.0. The number of rotatable bonds is 65. The summed E-state index contributed by atoms with van der Waals surface area (Å²) in [7, 11) is -9.88. The molecule has 3 N–H and O–H groups in total. The van der Waals surface area contributed by atoms with Crippen LogP contribution in [0.3, 0.4) is 0 Å². The molecule has 0 aromatic carbocycles. The van der Waals surface area contributed by atoms with Gasteiger partial charge in [-0.3, -0.25) is 37.3 Å². The fraction of sp³-hybridized carbons (Fsp3) is 0.938. The first-order valence-electron chi connectivity index (χ1n) is 34.1. The quantitative estimate of drug-likeness (QED) is 0.0222. The van der Waals surface area contributed by atoms with E-state index in [2.05, 4.69) is 34.6 Å². The van der Waals surface area contributed by atoms with Crippen LogP contribution in [0.4, 0.5) is 0 Å². The number of carbonyl (C=O) groups excluding carboxylic acids is 4. The van der Waals surface area contributed by atoms with E-state index in [0.29, 0.717) is 25.7 Å². The zero-order valence-corrected chi connectivity index (χ0v) is 55.8. The monoisotopic (exact) mass is 1240 g/mol. The van der Waals surface area contributed by atoms with Gasteiger partial charge in [-0.25, -0.2) is 9.13 Å². The van der Waals surface area contributed by atoms with Crippen molar-refractivity contribution >= 4 is 39.5 Å². The maximum Gasteiger partial charge on any atom is 0.472 e. The Kier molecular flexibility index (Phi) is 57.4. The van der Waals surface area contributed by atoms with Crippen LogP contribution in [0, 0.1) is 5.92 Å². The molecule has 0 saturated heterocycles. The van der Waals surface area contributed by atoms with Crippen molar-refractivity contribution in [3.05, 3.63) is 0 Å². The third-order valence-corrected chi connectivity index (χ3v) is 16.9. The van der Waals surface area contributed by atoms with Gasteiger partial charge < -0.3 is 33.8 Å². The van der Waals surface area contributed by atoms with E-state index in [1.54, 1.807) is 0 Å². The minimum absolute atomic E-state index is 0.105. The fourth-order valence-electron chi connectivity index (χ4n) is 9.76. The maximum atomic E-state index is 13.0. The predicted octanol–water partition coefficient (Wildman–Crippen LogP) is 18.2. The zero-order valence-electron chi connectivity index (χ0n) is 54.0. The molecule has 498 valence electrons. The number of carbonyl (C=O) groups is 4. The number of hydrogen-bond acceptors (Lipinski definition) is 15. The van der Waals surface area contributed by atoms with Crippen molar-refractivity contribution in [1.29, 1.82) is 0 Å². The third-order valence-electron chi connectivity index (χ3n) is 15.0. The first-order valence-corrected chi connectivity index (χ1v) is 37.1. The van der Waals surface area contributed by atoms with Crippen molar-refractivity contribution in [2.45, 2.75) is 348 Å². The Hall–Kier alpha value is -1.94. The summed E-state index contributed by atoms with van der Waals surface area (Å²) >= 11 is 0. The second kappa shape index (κ2) is 58.7. The zero-order chi connectivity index (χ0) is 62.0. The first-order chi connectivity index (χ1) is 40.5. The molecule has 84 heavy (non-hydrogen) atoms. The van der Waals surface area contributed by atoms with E-state index >= 15 is 0 Å². The van der Waals surface area contributed by atoms with Gasteiger partial charge in [0, 0.05) is 25.7 Å². The van der Waals surface area contributed by atoms with Gasteiger partial charge >= 0.3 is 39.5 Å². The van der Waals surface area contributed by atoms with Gasteiger partial charge in [0.05, 0.1) is 26.4 Å². The lowest BCUT2D eigenvalue weighted by Gasteiger charge is -2.21. The minimum Gasteiger partial charge on any atom is -0.462 e. The molecular formula is C65H126O17P2. The van der Waals surface area contributed by atoms with Crippen molar-refractivity contribution in [1.82, 2.24) is 0 Å². The number of phosphoric ester groups is 2. The van der Waals surface area contributed by atoms with Crippen molar-refractivity contribution < 1.29 is 80.2 Å². The van der Waals surface area contributed by atoms with E-state index in [1.165, 1.54) is 135 Å². The highest BCUT2D eigenvalue weighted by molar-refractivity contribution is 7.47. The first kappa shape index (κ1) is 82.1. The molecule has 0 aromatic rings. The number of aliphatic hydroxyl groups excluding tert-OH is 1. The lowest BCUT2D eigenvalue weighted by molar-refractivity contribution is -0.161. The number of aliphatic hydroxyl groups is 1. The smallest absolute Gasteiger partial charge is 0.462 e. The molecule has 19 heteroatoms. The molecule has 0 spiro atoms. The van der Waals surface area contributed by atoms with Gasteiger partial charge in [-0.15, -0.1) is 0 Å². The standard InChI is InChI=1S/C65H126O17P2/c1-6-9-12-15-18-20-21-22-23-27-30-35-39-44-49-63(68)76-55-61(82-65(70)51-46-41-36-31-28-25-24-26-29-33-37-42-47-58(4)5)57-80-84(73,74)78-53-59(66)52-77-83(71,72)79-56-60(54-75-62(67)48-43-38-32-17-14-11-8-3)81-64(69)50-45-40-34-19-16-13-10-7-2/h58-61,66H,6-57H2,1-5H3,(H,71,72)(H,73,74)/t59-,60+,61+/m0/s1. The van der Waals surface area contributed by atoms with Crippen molar-refractivity contribution in [3.63, 3.8) is 0 Å². The Balaban J connectivity index is 5.19. The average molecular weight is 1240 g/mol. The van der Waals surface area contributed by atoms with Gasteiger partial charge in [-0.2, -0.15) is 0 Å². The number of unbranched alkanes of at least 4 members (excludes halogenated alkanes) is 37. The van der Waals surface area contributed by atoms with E-state index < -0.39 is 97.5 Å². The molecule has 0 aliphatic carbocycles. The Morgan fingerprint density at radius 2 is 0.548 bits per heavy atom. The van der Waals surface area contributed by atoms with Crippen LogP contribution < -0.4 is 0 Å². The van der Waals surface area contributed by atoms with Gasteiger partial charge in [0.25, 0.3) is 0 Å². The summed E-state index contributed by atoms with van der Waals surface area (Å²) < 4.78 is 67.9. The molecule has 0 aromatic heterocycles. The molecule has 0 radical (unpaired) electrons. The maximum absolute atomic E-state index is 13.0. The molecular weight excluding hydrogens is 1110 g/mol. The van der Waals surface area contributed by atoms with Crippen LogP contribution in [0.5, 0.6) is 0 Å². The Morgan fingerprint density at radius 1 is 0.321 bits per heavy atom. The molecule has 17 nitrogen and oxygen atoms in total. The highest BCUT2D eigenvalue weighted by Crippen LogP contribution is 2.45. The van der Waals surface area contributed by atoms with E-state index in [0.717, 1.165) is 115 Å². The number of phosphoric acid groups is 2. The summed E-state index contributed by atoms with van der Waals surface area (Å²) in [4.78, 5) is 72.1. The number of ether oxygens (including phenoxy) is 4. The molecule has 0 saturated carbocycles. The van der Waals surface area contributed by atoms with Gasteiger partial charge in [-0.05, 0) is 31.6 Å². The van der Waals surface area contributed by atoms with Crippen LogP contribution in [-0.4, -0.2) is 96.7 Å². The molecule has 0 aliphatic heterocycles. The van der Waals surface area contributed by atoms with Gasteiger partial charge in [0.1, 0.15) is 19.3 Å². The average Bonchev–Trinajstić information content (AvgIpc) is 3.58. The van der Waals surface area contributed by atoms with Crippen LogP contribution >= 0.6 is 15.6 Å². The summed E-state index contributed by atoms with van der Waals surface area (Å²) in [5, 5.41) is 10.5. The summed E-state index contributed by atoms with van der Waals surface area (Å²) in [6.07, 6.45) is 43.2. The summed E-state index contributed by atoms with van der Waals surface area (Å²) in [6.45, 7) is 7.15. The van der Waals surface area contributed by atoms with E-state index in [4.69, 9.17) is 37.0 Å². The minimum atomic E-state index is -4.94. The summed E-state index contributed by atoms with van der Waals surface area (Å²) in [5.41, 5.74) is 0. The highest BCUT2D eigenvalue weighted by Gasteiger charge is 2.30. The normalized spacial score (nSPS) is 14.2. The summed E-state index contributed by atoms with van der Waals surface area (Å²) in [6, 6.07) is 0. The Bertz CT molecular complexity index is 1640. The lowest BCUT2D eigenvalue weighted by Crippen LogP contribution is -2.30. The van der Waals surface area contributed by atoms with Gasteiger partial charge in [-0.1, -0.05) is 279 Å². The summed E-state index contributed by atoms with van der Waals surface area (Å²) in [5.74, 6) is -1.36. The van der Waals surface area contributed by atoms with Gasteiger partial charge in [0.2, 0.25) is 0 Å². The fourth-order valence-corrected chi connectivity index (χ4v) is 11.3. The van der Waals surface area contributed by atoms with Crippen LogP contribution in [-0.2, 0) is 65.4 Å². The lowest BCUT2D eigenvalue weighted by atomic mass is 10.0. The SMILES string of the molecule is CCCCCCCCCCCCCCCCC(=O)OC[C@H](COP(=O)(O)OC[C@@H](O)COP(=O)(O)OC[C@@H](COC(=O)CCCCCCCCC)OC(=O)CCCCCCCCCC)OC(=O)CCCCCCCCCCCCCCC(C)C. The molecule has 0 rings (SSSR count). The molecule has 5 atom stereocenters. The van der Waals surface area contributed by atoms with Crippen LogP contribution in [0.15, 0.2) is 0 Å². The largest absolute Gasteiger partial charge is 0.472 e. The van der Waals surface area contributed by atoms with Gasteiger partial charge in [0.15, 0.2) is 12.2 Å². The van der Waals surface area contributed by atoms with Crippen LogP contribution in [0.2, 0.25) is 0 Å². The molecule has 0 heterocycles. The molecule has 0 fully saturated rings. The van der Waals surface area contributed by atoms with Crippen LogP contribution in [0.1, 0.15) is 330 Å². The van der Waals surface area contributed by atoms with E-state index in [9.17, 15) is 43.2 Å². The number of hydrogen-bond donors (Lipinski definition) is 3. The molecule has 0 bridgehead atoms. The predicted molar refractivity (Wildman–Crippen MR) is 335 cm³/mol.